The number of nitrogens with one attached hydrogen (secondary N) is 1. The minimum absolute atomic E-state index is 0.264. The summed E-state index contributed by atoms with van der Waals surface area (Å²) < 4.78 is 6.25. The predicted octanol–water partition coefficient (Wildman–Crippen LogP) is 2.31. The molecule has 0 atom stereocenters. The first-order valence-electron chi connectivity index (χ1n) is 7.12. The predicted molar refractivity (Wildman–Crippen MR) is 87.1 cm³/mol. The number of carbonyl (C=O) groups is 2. The summed E-state index contributed by atoms with van der Waals surface area (Å²) >= 11 is 0. The quantitative estimate of drug-likeness (QED) is 0.745. The summed E-state index contributed by atoms with van der Waals surface area (Å²) in [6.45, 7) is 0. The Balaban J connectivity index is 1.69. The first-order valence-corrected chi connectivity index (χ1v) is 7.12. The van der Waals surface area contributed by atoms with E-state index in [2.05, 4.69) is 20.1 Å². The van der Waals surface area contributed by atoms with E-state index < -0.39 is 5.97 Å². The van der Waals surface area contributed by atoms with Gasteiger partial charge < -0.3 is 10.1 Å². The smallest absolute Gasteiger partial charge is 0.337 e. The van der Waals surface area contributed by atoms with Crippen LogP contribution in [0.25, 0.3) is 5.69 Å². The summed E-state index contributed by atoms with van der Waals surface area (Å²) in [5.74, 6) is -0.703. The molecule has 0 unspecified atom stereocenters. The van der Waals surface area contributed by atoms with Crippen LogP contribution in [0.5, 0.6) is 0 Å². The number of rotatable bonds is 4. The van der Waals surface area contributed by atoms with Crippen LogP contribution in [-0.4, -0.2) is 33.8 Å². The van der Waals surface area contributed by atoms with Crippen LogP contribution < -0.4 is 5.32 Å². The molecule has 0 radical (unpaired) electrons. The SMILES string of the molecule is COC(=O)c1ccc(C(=O)Nc2ccc(-n3cncn3)cc2)cc1. The number of hydrogen-bond donors (Lipinski definition) is 1. The van der Waals surface area contributed by atoms with Gasteiger partial charge in [-0.15, -0.1) is 0 Å². The average molecular weight is 322 g/mol. The third kappa shape index (κ3) is 3.30. The van der Waals surface area contributed by atoms with E-state index in [0.29, 0.717) is 16.8 Å². The molecule has 0 saturated carbocycles. The van der Waals surface area contributed by atoms with E-state index in [-0.39, 0.29) is 5.91 Å². The Hall–Kier alpha value is -3.48. The highest BCUT2D eigenvalue weighted by Gasteiger charge is 2.09. The van der Waals surface area contributed by atoms with Crippen LogP contribution >= 0.6 is 0 Å². The summed E-state index contributed by atoms with van der Waals surface area (Å²) in [5, 5.41) is 6.83. The number of benzene rings is 2. The largest absolute Gasteiger partial charge is 0.465 e. The molecular weight excluding hydrogens is 308 g/mol. The lowest BCUT2D eigenvalue weighted by molar-refractivity contribution is 0.0600. The van der Waals surface area contributed by atoms with Crippen molar-refractivity contribution in [2.75, 3.05) is 12.4 Å². The molecule has 0 aliphatic rings. The van der Waals surface area contributed by atoms with E-state index in [1.807, 2.05) is 12.1 Å². The number of carbonyl (C=O) groups excluding carboxylic acids is 2. The molecule has 1 amide bonds. The molecule has 120 valence electrons. The number of anilines is 1. The molecule has 0 spiro atoms. The zero-order valence-electron chi connectivity index (χ0n) is 12.8. The lowest BCUT2D eigenvalue weighted by atomic mass is 10.1. The van der Waals surface area contributed by atoms with E-state index in [1.54, 1.807) is 47.4 Å². The highest BCUT2D eigenvalue weighted by molar-refractivity contribution is 6.04. The van der Waals surface area contributed by atoms with Gasteiger partial charge in [-0.1, -0.05) is 0 Å². The lowest BCUT2D eigenvalue weighted by Crippen LogP contribution is -2.12. The highest BCUT2D eigenvalue weighted by atomic mass is 16.5. The third-order valence-electron chi connectivity index (χ3n) is 3.38. The Morgan fingerprint density at radius 2 is 1.67 bits per heavy atom. The topological polar surface area (TPSA) is 86.1 Å². The van der Waals surface area contributed by atoms with Crippen molar-refractivity contribution in [1.82, 2.24) is 14.8 Å². The highest BCUT2D eigenvalue weighted by Crippen LogP contribution is 2.14. The lowest BCUT2D eigenvalue weighted by Gasteiger charge is -2.07. The van der Waals surface area contributed by atoms with Crippen LogP contribution in [0.15, 0.2) is 61.2 Å². The van der Waals surface area contributed by atoms with Crippen LogP contribution in [0, 0.1) is 0 Å². The van der Waals surface area contributed by atoms with Gasteiger partial charge in [0, 0.05) is 11.3 Å². The van der Waals surface area contributed by atoms with E-state index in [0.717, 1.165) is 5.69 Å². The van der Waals surface area contributed by atoms with Gasteiger partial charge in [0.25, 0.3) is 5.91 Å². The average Bonchev–Trinajstić information content (AvgIpc) is 3.16. The van der Waals surface area contributed by atoms with Crippen molar-refractivity contribution in [3.05, 3.63) is 72.3 Å². The molecule has 24 heavy (non-hydrogen) atoms. The van der Waals surface area contributed by atoms with Crippen LogP contribution in [0.4, 0.5) is 5.69 Å². The van der Waals surface area contributed by atoms with Crippen molar-refractivity contribution >= 4 is 17.6 Å². The van der Waals surface area contributed by atoms with Gasteiger partial charge in [0.15, 0.2) is 0 Å². The number of nitrogens with zero attached hydrogens (tertiary/aromatic N) is 3. The fourth-order valence-corrected chi connectivity index (χ4v) is 2.12. The van der Waals surface area contributed by atoms with Crippen molar-refractivity contribution < 1.29 is 14.3 Å². The number of esters is 1. The van der Waals surface area contributed by atoms with Gasteiger partial charge in [-0.2, -0.15) is 5.10 Å². The van der Waals surface area contributed by atoms with Gasteiger partial charge in [0.1, 0.15) is 12.7 Å². The van der Waals surface area contributed by atoms with E-state index in [1.165, 1.54) is 13.4 Å². The summed E-state index contributed by atoms with van der Waals surface area (Å²) in [7, 11) is 1.31. The molecule has 0 saturated heterocycles. The normalized spacial score (nSPS) is 10.2. The molecule has 0 fully saturated rings. The molecule has 0 aliphatic heterocycles. The van der Waals surface area contributed by atoms with Crippen LogP contribution in [0.3, 0.4) is 0 Å². The van der Waals surface area contributed by atoms with E-state index in [4.69, 9.17) is 0 Å². The number of ether oxygens (including phenoxy) is 1. The second-order valence-corrected chi connectivity index (χ2v) is 4.91. The van der Waals surface area contributed by atoms with E-state index >= 15 is 0 Å². The third-order valence-corrected chi connectivity index (χ3v) is 3.38. The monoisotopic (exact) mass is 322 g/mol. The molecule has 2 aromatic carbocycles. The van der Waals surface area contributed by atoms with Crippen molar-refractivity contribution in [1.29, 1.82) is 0 Å². The van der Waals surface area contributed by atoms with Crippen molar-refractivity contribution in [3.8, 4) is 5.69 Å². The standard InChI is InChI=1S/C17H14N4O3/c1-24-17(23)13-4-2-12(3-5-13)16(22)20-14-6-8-15(9-7-14)21-11-18-10-19-21/h2-11H,1H3,(H,20,22). The van der Waals surface area contributed by atoms with Gasteiger partial charge in [0.2, 0.25) is 0 Å². The number of hydrogen-bond acceptors (Lipinski definition) is 5. The first-order chi connectivity index (χ1) is 11.7. The van der Waals surface area contributed by atoms with Gasteiger partial charge in [0.05, 0.1) is 18.4 Å². The fraction of sp³-hybridized carbons (Fsp3) is 0.0588. The number of aromatic nitrogens is 3. The van der Waals surface area contributed by atoms with E-state index in [9.17, 15) is 9.59 Å². The summed E-state index contributed by atoms with van der Waals surface area (Å²) in [5.41, 5.74) is 2.34. The van der Waals surface area contributed by atoms with Crippen molar-refractivity contribution in [2.45, 2.75) is 0 Å². The Kier molecular flexibility index (Phi) is 4.33. The second-order valence-electron chi connectivity index (χ2n) is 4.91. The number of methoxy groups -OCH3 is 1. The minimum atomic E-state index is -0.439. The van der Waals surface area contributed by atoms with Crippen LogP contribution in [0.1, 0.15) is 20.7 Å². The minimum Gasteiger partial charge on any atom is -0.465 e. The zero-order valence-corrected chi connectivity index (χ0v) is 12.8. The molecule has 1 aromatic heterocycles. The Labute approximate surface area is 137 Å². The molecule has 7 nitrogen and oxygen atoms in total. The summed E-state index contributed by atoms with van der Waals surface area (Å²) in [4.78, 5) is 27.5. The molecule has 7 heteroatoms. The van der Waals surface area contributed by atoms with Crippen molar-refractivity contribution in [2.24, 2.45) is 0 Å². The maximum Gasteiger partial charge on any atom is 0.337 e. The molecule has 1 heterocycles. The van der Waals surface area contributed by atoms with Crippen LogP contribution in [0.2, 0.25) is 0 Å². The zero-order chi connectivity index (χ0) is 16.9. The molecule has 3 aromatic rings. The van der Waals surface area contributed by atoms with Gasteiger partial charge in [-0.05, 0) is 48.5 Å². The van der Waals surface area contributed by atoms with Crippen LogP contribution in [-0.2, 0) is 4.74 Å². The summed E-state index contributed by atoms with van der Waals surface area (Å²) in [6, 6.07) is 13.4. The number of amides is 1. The second kappa shape index (κ2) is 6.74. The van der Waals surface area contributed by atoms with Gasteiger partial charge in [-0.25, -0.2) is 14.5 Å². The maximum absolute atomic E-state index is 12.2. The maximum atomic E-state index is 12.2. The van der Waals surface area contributed by atoms with Crippen molar-refractivity contribution in [3.63, 3.8) is 0 Å². The Morgan fingerprint density at radius 1 is 1.00 bits per heavy atom. The Morgan fingerprint density at radius 3 is 2.25 bits per heavy atom. The molecule has 0 aliphatic carbocycles. The summed E-state index contributed by atoms with van der Waals surface area (Å²) in [6.07, 6.45) is 3.05. The molecule has 1 N–H and O–H groups in total. The molecule has 3 rings (SSSR count). The van der Waals surface area contributed by atoms with Gasteiger partial charge >= 0.3 is 5.97 Å². The molecular formula is C17H14N4O3. The Bertz CT molecular complexity index is 841. The fourth-order valence-electron chi connectivity index (χ4n) is 2.12. The first kappa shape index (κ1) is 15.4. The van der Waals surface area contributed by atoms with Gasteiger partial charge in [-0.3, -0.25) is 4.79 Å². The molecule has 0 bridgehead atoms.